The first kappa shape index (κ1) is 17.2. The number of benzene rings is 2. The first-order chi connectivity index (χ1) is 14.0. The molecule has 0 unspecified atom stereocenters. The number of aromatic nitrogens is 4. The molecule has 0 saturated carbocycles. The zero-order chi connectivity index (χ0) is 20.1. The number of imidazole rings is 1. The van der Waals surface area contributed by atoms with Crippen molar-refractivity contribution in [2.75, 3.05) is 0 Å². The Hall–Kier alpha value is -3.87. The van der Waals surface area contributed by atoms with Crippen molar-refractivity contribution in [3.8, 4) is 11.3 Å². The first-order valence-corrected chi connectivity index (χ1v) is 9.25. The predicted octanol–water partition coefficient (Wildman–Crippen LogP) is 2.96. The van der Waals surface area contributed by atoms with Gasteiger partial charge in [0, 0.05) is 12.6 Å². The largest absolute Gasteiger partial charge is 0.423 e. The second kappa shape index (κ2) is 6.34. The molecule has 0 aliphatic carbocycles. The molecule has 5 aromatic rings. The quantitative estimate of drug-likeness (QED) is 0.478. The third kappa shape index (κ3) is 2.70. The van der Waals surface area contributed by atoms with Crippen molar-refractivity contribution in [3.05, 3.63) is 92.8 Å². The van der Waals surface area contributed by atoms with Crippen LogP contribution < -0.4 is 11.2 Å². The fourth-order valence-electron chi connectivity index (χ4n) is 3.50. The van der Waals surface area contributed by atoms with Crippen LogP contribution in [0.3, 0.4) is 0 Å². The van der Waals surface area contributed by atoms with Crippen LogP contribution in [0, 0.1) is 6.92 Å². The molecule has 0 aliphatic heterocycles. The van der Waals surface area contributed by atoms with Crippen molar-refractivity contribution in [1.29, 1.82) is 0 Å². The standard InChI is InChI=1S/C22H18N4O3/c1-14-8-10-15(11-9-14)12-26-20(27)18-19(24(2)22(26)28)23-21-25(18)13-17(29-21)16-6-4-3-5-7-16/h3-11,13H,12H2,1-2H3. The monoisotopic (exact) mass is 386 g/mol. The van der Waals surface area contributed by atoms with Crippen LogP contribution >= 0.6 is 0 Å². The molecule has 3 heterocycles. The van der Waals surface area contributed by atoms with Crippen LogP contribution in [0.25, 0.3) is 28.3 Å². The van der Waals surface area contributed by atoms with Gasteiger partial charge in [-0.15, -0.1) is 0 Å². The topological polar surface area (TPSA) is 74.4 Å². The minimum absolute atomic E-state index is 0.193. The molecule has 3 aromatic heterocycles. The van der Waals surface area contributed by atoms with E-state index >= 15 is 0 Å². The molecule has 7 heteroatoms. The van der Waals surface area contributed by atoms with Crippen LogP contribution in [0.4, 0.5) is 0 Å². The Kier molecular flexibility index (Phi) is 3.77. The van der Waals surface area contributed by atoms with Gasteiger partial charge in [-0.2, -0.15) is 4.98 Å². The summed E-state index contributed by atoms with van der Waals surface area (Å²) in [5, 5.41) is 0. The summed E-state index contributed by atoms with van der Waals surface area (Å²) in [6, 6.07) is 17.4. The van der Waals surface area contributed by atoms with E-state index in [0.29, 0.717) is 16.9 Å². The van der Waals surface area contributed by atoms with E-state index < -0.39 is 11.2 Å². The second-order valence-electron chi connectivity index (χ2n) is 7.12. The smallest absolute Gasteiger partial charge is 0.332 e. The minimum Gasteiger partial charge on any atom is -0.423 e. The molecule has 0 atom stereocenters. The maximum absolute atomic E-state index is 13.2. The highest BCUT2D eigenvalue weighted by molar-refractivity contribution is 5.76. The van der Waals surface area contributed by atoms with Gasteiger partial charge in [0.1, 0.15) is 0 Å². The average Bonchev–Trinajstić information content (AvgIpc) is 3.30. The Morgan fingerprint density at radius 2 is 1.72 bits per heavy atom. The van der Waals surface area contributed by atoms with Gasteiger partial charge in [-0.3, -0.25) is 18.3 Å². The SMILES string of the molecule is Cc1ccc(Cn2c(=O)c3c(nc4oc(-c5ccccc5)cn43)n(C)c2=O)cc1. The molecule has 0 radical (unpaired) electrons. The van der Waals surface area contributed by atoms with E-state index in [1.165, 1.54) is 9.13 Å². The molecular weight excluding hydrogens is 368 g/mol. The van der Waals surface area contributed by atoms with E-state index in [9.17, 15) is 9.59 Å². The van der Waals surface area contributed by atoms with Gasteiger partial charge in [0.2, 0.25) is 0 Å². The number of fused-ring (bicyclic) bond motifs is 3. The van der Waals surface area contributed by atoms with Crippen LogP contribution in [0.5, 0.6) is 0 Å². The molecule has 0 N–H and O–H groups in total. The van der Waals surface area contributed by atoms with Crippen LogP contribution in [-0.4, -0.2) is 18.5 Å². The summed E-state index contributed by atoms with van der Waals surface area (Å²) in [7, 11) is 1.61. The summed E-state index contributed by atoms with van der Waals surface area (Å²) in [4.78, 5) is 30.4. The molecule has 0 amide bonds. The summed E-state index contributed by atoms with van der Waals surface area (Å²) < 4.78 is 10.1. The highest BCUT2D eigenvalue weighted by Gasteiger charge is 2.20. The predicted molar refractivity (Wildman–Crippen MR) is 110 cm³/mol. The third-order valence-electron chi connectivity index (χ3n) is 5.11. The number of nitrogens with zero attached hydrogens (tertiary/aromatic N) is 4. The van der Waals surface area contributed by atoms with Gasteiger partial charge in [0.15, 0.2) is 16.9 Å². The fourth-order valence-corrected chi connectivity index (χ4v) is 3.50. The molecule has 0 aliphatic rings. The van der Waals surface area contributed by atoms with Gasteiger partial charge >= 0.3 is 11.5 Å². The lowest BCUT2D eigenvalue weighted by Crippen LogP contribution is -2.39. The summed E-state index contributed by atoms with van der Waals surface area (Å²) in [5.41, 5.74) is 2.71. The number of hydrogen-bond acceptors (Lipinski definition) is 4. The molecule has 0 spiro atoms. The molecule has 0 bridgehead atoms. The lowest BCUT2D eigenvalue weighted by Gasteiger charge is -2.08. The molecule has 5 rings (SSSR count). The molecule has 144 valence electrons. The number of oxazole rings is 1. The van der Waals surface area contributed by atoms with Crippen LogP contribution in [-0.2, 0) is 13.6 Å². The lowest BCUT2D eigenvalue weighted by molar-refractivity contribution is 0.610. The Morgan fingerprint density at radius 3 is 2.45 bits per heavy atom. The summed E-state index contributed by atoms with van der Waals surface area (Å²) in [6.45, 7) is 2.19. The van der Waals surface area contributed by atoms with E-state index in [4.69, 9.17) is 4.42 Å². The van der Waals surface area contributed by atoms with Gasteiger partial charge in [0.05, 0.1) is 12.7 Å². The molecule has 0 fully saturated rings. The number of aryl methyl sites for hydroxylation is 2. The lowest BCUT2D eigenvalue weighted by atomic mass is 10.1. The van der Waals surface area contributed by atoms with Crippen LogP contribution in [0.2, 0.25) is 0 Å². The molecular formula is C22H18N4O3. The van der Waals surface area contributed by atoms with Gasteiger partial charge in [-0.1, -0.05) is 60.2 Å². The van der Waals surface area contributed by atoms with Gasteiger partial charge in [-0.25, -0.2) is 4.79 Å². The highest BCUT2D eigenvalue weighted by Crippen LogP contribution is 2.24. The Labute approximate surface area is 165 Å². The van der Waals surface area contributed by atoms with Crippen molar-refractivity contribution < 1.29 is 4.42 Å². The zero-order valence-electron chi connectivity index (χ0n) is 16.0. The van der Waals surface area contributed by atoms with Gasteiger partial charge in [-0.05, 0) is 12.5 Å². The molecule has 0 saturated heterocycles. The summed E-state index contributed by atoms with van der Waals surface area (Å²) in [5.74, 6) is 0.882. The van der Waals surface area contributed by atoms with Crippen LogP contribution in [0.15, 0.2) is 74.8 Å². The van der Waals surface area contributed by atoms with Crippen molar-refractivity contribution in [1.82, 2.24) is 18.5 Å². The van der Waals surface area contributed by atoms with Gasteiger partial charge in [0.25, 0.3) is 5.56 Å². The van der Waals surface area contributed by atoms with E-state index in [1.54, 1.807) is 17.6 Å². The number of hydrogen-bond donors (Lipinski definition) is 0. The maximum atomic E-state index is 13.2. The van der Waals surface area contributed by atoms with E-state index in [2.05, 4.69) is 4.98 Å². The Balaban J connectivity index is 1.73. The van der Waals surface area contributed by atoms with E-state index in [0.717, 1.165) is 16.7 Å². The van der Waals surface area contributed by atoms with E-state index in [1.807, 2.05) is 61.5 Å². The number of rotatable bonds is 3. The second-order valence-corrected chi connectivity index (χ2v) is 7.12. The van der Waals surface area contributed by atoms with Crippen molar-refractivity contribution >= 4 is 17.0 Å². The Morgan fingerprint density at radius 1 is 1.00 bits per heavy atom. The van der Waals surface area contributed by atoms with Gasteiger partial charge < -0.3 is 4.42 Å². The highest BCUT2D eigenvalue weighted by atomic mass is 16.4. The molecule has 29 heavy (non-hydrogen) atoms. The summed E-state index contributed by atoms with van der Waals surface area (Å²) in [6.07, 6.45) is 1.74. The van der Waals surface area contributed by atoms with Crippen LogP contribution in [0.1, 0.15) is 11.1 Å². The van der Waals surface area contributed by atoms with E-state index in [-0.39, 0.29) is 12.4 Å². The third-order valence-corrected chi connectivity index (χ3v) is 5.11. The molecule has 7 nitrogen and oxygen atoms in total. The first-order valence-electron chi connectivity index (χ1n) is 9.25. The van der Waals surface area contributed by atoms with Crippen molar-refractivity contribution in [2.24, 2.45) is 7.05 Å². The fraction of sp³-hybridized carbons (Fsp3) is 0.136. The average molecular weight is 386 g/mol. The minimum atomic E-state index is -0.410. The normalized spacial score (nSPS) is 11.5. The van der Waals surface area contributed by atoms with Crippen molar-refractivity contribution in [3.63, 3.8) is 0 Å². The molecule has 2 aromatic carbocycles. The Bertz CT molecular complexity index is 1470. The maximum Gasteiger partial charge on any atom is 0.332 e. The van der Waals surface area contributed by atoms with Crippen molar-refractivity contribution in [2.45, 2.75) is 13.5 Å². The zero-order valence-corrected chi connectivity index (χ0v) is 16.0. The summed E-state index contributed by atoms with van der Waals surface area (Å²) >= 11 is 0.